The van der Waals surface area contributed by atoms with E-state index in [0.29, 0.717) is 12.0 Å². The molecule has 23 heavy (non-hydrogen) atoms. The molecule has 5 nitrogen and oxygen atoms in total. The molecule has 0 saturated heterocycles. The summed E-state index contributed by atoms with van der Waals surface area (Å²) >= 11 is 0. The molecule has 0 unspecified atom stereocenters. The van der Waals surface area contributed by atoms with Gasteiger partial charge in [0.2, 0.25) is 5.95 Å². The molecule has 0 aliphatic heterocycles. The molecule has 0 spiro atoms. The summed E-state index contributed by atoms with van der Waals surface area (Å²) in [6, 6.07) is 12.5. The van der Waals surface area contributed by atoms with Crippen molar-refractivity contribution >= 4 is 17.5 Å². The minimum atomic E-state index is -0.139. The smallest absolute Gasteiger partial charge is 0.231 e. The van der Waals surface area contributed by atoms with Gasteiger partial charge >= 0.3 is 0 Å². The molecule has 2 aromatic rings. The molecule has 1 aromatic heterocycles. The number of aryl methyl sites for hydroxylation is 1. The van der Waals surface area contributed by atoms with Crippen LogP contribution < -0.4 is 10.2 Å². The predicted octanol–water partition coefficient (Wildman–Crippen LogP) is 3.27. The number of aliphatic hydroxyl groups is 1. The van der Waals surface area contributed by atoms with Gasteiger partial charge in [-0.2, -0.15) is 4.98 Å². The lowest BCUT2D eigenvalue weighted by molar-refractivity contribution is 0.126. The quantitative estimate of drug-likeness (QED) is 0.907. The van der Waals surface area contributed by atoms with Crippen molar-refractivity contribution in [3.05, 3.63) is 42.1 Å². The first-order valence-electron chi connectivity index (χ1n) is 8.21. The molecule has 1 fully saturated rings. The van der Waals surface area contributed by atoms with Crippen LogP contribution in [0.2, 0.25) is 0 Å². The van der Waals surface area contributed by atoms with Gasteiger partial charge in [0.25, 0.3) is 0 Å². The van der Waals surface area contributed by atoms with Crippen LogP contribution in [-0.2, 0) is 0 Å². The van der Waals surface area contributed by atoms with Crippen molar-refractivity contribution in [1.82, 2.24) is 9.97 Å². The lowest BCUT2D eigenvalue weighted by atomic mass is 9.93. The standard InChI is InChI=1S/C18H24N4O/c1-13-12-17(20-14-8-10-16(23)11-9-14)21-18(19-13)22(2)15-6-4-3-5-7-15/h3-7,12,14,16,23H,8-11H2,1-2H3,(H,19,20,21). The van der Waals surface area contributed by atoms with Crippen molar-refractivity contribution in [2.75, 3.05) is 17.3 Å². The highest BCUT2D eigenvalue weighted by Crippen LogP contribution is 2.24. The minimum absolute atomic E-state index is 0.139. The molecule has 1 aliphatic rings. The minimum Gasteiger partial charge on any atom is -0.393 e. The molecular weight excluding hydrogens is 288 g/mol. The highest BCUT2D eigenvalue weighted by atomic mass is 16.3. The normalized spacial score (nSPS) is 21.0. The van der Waals surface area contributed by atoms with Crippen molar-refractivity contribution in [3.8, 4) is 0 Å². The van der Waals surface area contributed by atoms with Gasteiger partial charge in [0.15, 0.2) is 0 Å². The monoisotopic (exact) mass is 312 g/mol. The molecule has 0 radical (unpaired) electrons. The van der Waals surface area contributed by atoms with Gasteiger partial charge in [0, 0.05) is 30.5 Å². The average molecular weight is 312 g/mol. The lowest BCUT2D eigenvalue weighted by Crippen LogP contribution is -2.28. The number of hydrogen-bond donors (Lipinski definition) is 2. The zero-order valence-electron chi connectivity index (χ0n) is 13.7. The SMILES string of the molecule is Cc1cc(NC2CCC(O)CC2)nc(N(C)c2ccccc2)n1. The molecule has 0 atom stereocenters. The van der Waals surface area contributed by atoms with Crippen LogP contribution in [0.4, 0.5) is 17.5 Å². The van der Waals surface area contributed by atoms with E-state index in [1.54, 1.807) is 0 Å². The third-order valence-corrected chi connectivity index (χ3v) is 4.33. The molecule has 1 saturated carbocycles. The van der Waals surface area contributed by atoms with E-state index in [9.17, 15) is 5.11 Å². The first kappa shape index (κ1) is 15.7. The van der Waals surface area contributed by atoms with Gasteiger partial charge in [-0.25, -0.2) is 4.98 Å². The Morgan fingerprint density at radius 2 is 1.78 bits per heavy atom. The molecule has 5 heteroatoms. The molecule has 1 aromatic carbocycles. The first-order chi connectivity index (χ1) is 11.1. The van der Waals surface area contributed by atoms with Crippen LogP contribution in [0.15, 0.2) is 36.4 Å². The van der Waals surface area contributed by atoms with E-state index in [2.05, 4.69) is 15.3 Å². The van der Waals surface area contributed by atoms with Gasteiger partial charge in [-0.05, 0) is 44.7 Å². The summed E-state index contributed by atoms with van der Waals surface area (Å²) in [6.45, 7) is 1.99. The second kappa shape index (κ2) is 6.96. The van der Waals surface area contributed by atoms with Crippen LogP contribution in [0.1, 0.15) is 31.4 Å². The Morgan fingerprint density at radius 1 is 1.09 bits per heavy atom. The lowest BCUT2D eigenvalue weighted by Gasteiger charge is -2.27. The summed E-state index contributed by atoms with van der Waals surface area (Å²) < 4.78 is 0. The highest BCUT2D eigenvalue weighted by Gasteiger charge is 2.20. The van der Waals surface area contributed by atoms with E-state index in [-0.39, 0.29) is 6.10 Å². The molecule has 2 N–H and O–H groups in total. The Kier molecular flexibility index (Phi) is 4.76. The largest absolute Gasteiger partial charge is 0.393 e. The van der Waals surface area contributed by atoms with Crippen LogP contribution >= 0.6 is 0 Å². The number of anilines is 3. The van der Waals surface area contributed by atoms with Gasteiger partial charge in [-0.3, -0.25) is 0 Å². The van der Waals surface area contributed by atoms with E-state index in [0.717, 1.165) is 42.9 Å². The predicted molar refractivity (Wildman–Crippen MR) is 93.2 cm³/mol. The van der Waals surface area contributed by atoms with Gasteiger partial charge in [-0.1, -0.05) is 18.2 Å². The Bertz CT molecular complexity index is 639. The summed E-state index contributed by atoms with van der Waals surface area (Å²) in [5.74, 6) is 1.55. The number of aromatic nitrogens is 2. The third kappa shape index (κ3) is 3.99. The second-order valence-electron chi connectivity index (χ2n) is 6.24. The Morgan fingerprint density at radius 3 is 2.48 bits per heavy atom. The van der Waals surface area contributed by atoms with Gasteiger partial charge in [-0.15, -0.1) is 0 Å². The van der Waals surface area contributed by atoms with E-state index in [1.165, 1.54) is 0 Å². The Labute approximate surface area is 137 Å². The molecule has 1 aliphatic carbocycles. The van der Waals surface area contributed by atoms with E-state index >= 15 is 0 Å². The summed E-state index contributed by atoms with van der Waals surface area (Å²) in [5.41, 5.74) is 2.00. The van der Waals surface area contributed by atoms with Crippen LogP contribution in [-0.4, -0.2) is 34.3 Å². The third-order valence-electron chi connectivity index (χ3n) is 4.33. The van der Waals surface area contributed by atoms with Crippen molar-refractivity contribution in [2.24, 2.45) is 0 Å². The van der Waals surface area contributed by atoms with Gasteiger partial charge < -0.3 is 15.3 Å². The first-order valence-corrected chi connectivity index (χ1v) is 8.21. The van der Waals surface area contributed by atoms with Gasteiger partial charge in [0.05, 0.1) is 6.10 Å². The maximum Gasteiger partial charge on any atom is 0.231 e. The number of nitrogens with zero attached hydrogens (tertiary/aromatic N) is 3. The van der Waals surface area contributed by atoms with Crippen LogP contribution in [0, 0.1) is 6.92 Å². The number of hydrogen-bond acceptors (Lipinski definition) is 5. The molecule has 1 heterocycles. The average Bonchev–Trinajstić information content (AvgIpc) is 2.56. The number of rotatable bonds is 4. The molecule has 3 rings (SSSR count). The maximum absolute atomic E-state index is 9.62. The van der Waals surface area contributed by atoms with E-state index in [4.69, 9.17) is 0 Å². The second-order valence-corrected chi connectivity index (χ2v) is 6.24. The summed E-state index contributed by atoms with van der Waals surface area (Å²) in [5, 5.41) is 13.1. The molecule has 0 bridgehead atoms. The number of para-hydroxylation sites is 1. The number of benzene rings is 1. The van der Waals surface area contributed by atoms with Crippen LogP contribution in [0.3, 0.4) is 0 Å². The number of aliphatic hydroxyl groups excluding tert-OH is 1. The fourth-order valence-corrected chi connectivity index (χ4v) is 2.97. The summed E-state index contributed by atoms with van der Waals surface area (Å²) in [4.78, 5) is 11.2. The van der Waals surface area contributed by atoms with Crippen molar-refractivity contribution in [3.63, 3.8) is 0 Å². The van der Waals surface area contributed by atoms with E-state index < -0.39 is 0 Å². The van der Waals surface area contributed by atoms with Crippen LogP contribution in [0.5, 0.6) is 0 Å². The Hall–Kier alpha value is -2.14. The van der Waals surface area contributed by atoms with E-state index in [1.807, 2.05) is 55.3 Å². The van der Waals surface area contributed by atoms with Crippen molar-refractivity contribution in [1.29, 1.82) is 0 Å². The molecule has 0 amide bonds. The Balaban J connectivity index is 1.76. The fraction of sp³-hybridized carbons (Fsp3) is 0.444. The summed E-state index contributed by atoms with van der Waals surface area (Å²) in [6.07, 6.45) is 3.54. The maximum atomic E-state index is 9.62. The molecule has 122 valence electrons. The highest BCUT2D eigenvalue weighted by molar-refractivity contribution is 5.57. The van der Waals surface area contributed by atoms with Crippen molar-refractivity contribution < 1.29 is 5.11 Å². The topological polar surface area (TPSA) is 61.3 Å². The molecular formula is C18H24N4O. The zero-order valence-corrected chi connectivity index (χ0v) is 13.7. The summed E-state index contributed by atoms with van der Waals surface area (Å²) in [7, 11) is 1.98. The zero-order chi connectivity index (χ0) is 16.2. The number of nitrogens with one attached hydrogen (secondary N) is 1. The van der Waals surface area contributed by atoms with Crippen LogP contribution in [0.25, 0.3) is 0 Å². The van der Waals surface area contributed by atoms with Gasteiger partial charge in [0.1, 0.15) is 5.82 Å². The van der Waals surface area contributed by atoms with Crippen molar-refractivity contribution in [2.45, 2.75) is 44.8 Å². The fourth-order valence-electron chi connectivity index (χ4n) is 2.97.